The highest BCUT2D eigenvalue weighted by Gasteiger charge is 2.16. The van der Waals surface area contributed by atoms with E-state index in [2.05, 4.69) is 20.2 Å². The number of fused-ring (bicyclic) bond motifs is 1. The third-order valence-corrected chi connectivity index (χ3v) is 3.74. The Morgan fingerprint density at radius 2 is 1.94 bits per heavy atom. The molecule has 0 unspecified atom stereocenters. The summed E-state index contributed by atoms with van der Waals surface area (Å²) in [4.78, 5) is 10.8. The molecule has 2 aromatic rings. The monoisotopic (exact) mass is 326 g/mol. The van der Waals surface area contributed by atoms with Gasteiger partial charge in [-0.05, 0) is 23.0 Å². The zero-order chi connectivity index (χ0) is 11.0. The van der Waals surface area contributed by atoms with Gasteiger partial charge in [-0.25, -0.2) is 4.98 Å². The minimum atomic E-state index is 0. The second-order valence-electron chi connectivity index (χ2n) is 3.69. The molecule has 100 valence electrons. The molecule has 1 N–H and O–H groups in total. The maximum Gasteiger partial charge on any atom is 0.224 e. The summed E-state index contributed by atoms with van der Waals surface area (Å²) in [5.41, 5.74) is 0.943. The maximum absolute atomic E-state index is 5.94. The fraction of sp³-hybridized carbons (Fsp3) is 0.400. The van der Waals surface area contributed by atoms with Crippen molar-refractivity contribution in [2.75, 3.05) is 31.1 Å². The molecule has 0 aromatic carbocycles. The van der Waals surface area contributed by atoms with Crippen LogP contribution < -0.4 is 10.2 Å². The van der Waals surface area contributed by atoms with Crippen LogP contribution in [0.2, 0.25) is 5.28 Å². The van der Waals surface area contributed by atoms with E-state index in [0.29, 0.717) is 5.28 Å². The number of rotatable bonds is 1. The van der Waals surface area contributed by atoms with Crippen molar-refractivity contribution in [1.29, 1.82) is 0 Å². The summed E-state index contributed by atoms with van der Waals surface area (Å²) in [7, 11) is 0. The predicted octanol–water partition coefficient (Wildman–Crippen LogP) is 2.60. The molecule has 3 rings (SSSR count). The lowest BCUT2D eigenvalue weighted by Crippen LogP contribution is -2.44. The lowest BCUT2D eigenvalue weighted by molar-refractivity contribution is 0.586. The van der Waals surface area contributed by atoms with Crippen molar-refractivity contribution in [3.63, 3.8) is 0 Å². The first-order chi connectivity index (χ1) is 7.84. The molecule has 1 fully saturated rings. The summed E-state index contributed by atoms with van der Waals surface area (Å²) < 4.78 is 1.13. The van der Waals surface area contributed by atoms with Gasteiger partial charge in [0.05, 0.1) is 10.2 Å². The SMILES string of the molecule is Cl.Cl.Clc1nc(N2CCNCC2)c2sccc2n1. The van der Waals surface area contributed by atoms with Crippen LogP contribution in [-0.4, -0.2) is 36.1 Å². The van der Waals surface area contributed by atoms with Gasteiger partial charge in [0.25, 0.3) is 0 Å². The summed E-state index contributed by atoms with van der Waals surface area (Å²) in [6.07, 6.45) is 0. The molecule has 4 nitrogen and oxygen atoms in total. The second-order valence-corrected chi connectivity index (χ2v) is 4.94. The molecule has 18 heavy (non-hydrogen) atoms. The Balaban J connectivity index is 0.000000810. The molecule has 0 amide bonds. The molecular formula is C10H13Cl3N4S. The van der Waals surface area contributed by atoms with E-state index < -0.39 is 0 Å². The second kappa shape index (κ2) is 6.73. The van der Waals surface area contributed by atoms with Crippen LogP contribution in [-0.2, 0) is 0 Å². The first kappa shape index (κ1) is 15.7. The quantitative estimate of drug-likeness (QED) is 0.818. The van der Waals surface area contributed by atoms with E-state index in [9.17, 15) is 0 Å². The van der Waals surface area contributed by atoms with Crippen LogP contribution in [0, 0.1) is 0 Å². The van der Waals surface area contributed by atoms with Crippen LogP contribution in [0.1, 0.15) is 0 Å². The van der Waals surface area contributed by atoms with Crippen LogP contribution in [0.3, 0.4) is 0 Å². The van der Waals surface area contributed by atoms with Crippen molar-refractivity contribution in [3.05, 3.63) is 16.7 Å². The van der Waals surface area contributed by atoms with E-state index in [4.69, 9.17) is 11.6 Å². The van der Waals surface area contributed by atoms with Crippen molar-refractivity contribution < 1.29 is 0 Å². The zero-order valence-electron chi connectivity index (χ0n) is 9.43. The van der Waals surface area contributed by atoms with Crippen molar-refractivity contribution in [1.82, 2.24) is 15.3 Å². The molecule has 0 atom stereocenters. The highest BCUT2D eigenvalue weighted by molar-refractivity contribution is 7.17. The van der Waals surface area contributed by atoms with E-state index >= 15 is 0 Å². The number of piperazine rings is 1. The Labute approximate surface area is 127 Å². The van der Waals surface area contributed by atoms with Crippen LogP contribution in [0.5, 0.6) is 0 Å². The fourth-order valence-corrected chi connectivity index (χ4v) is 2.93. The lowest BCUT2D eigenvalue weighted by atomic mass is 10.3. The summed E-state index contributed by atoms with van der Waals surface area (Å²) in [5.74, 6) is 0.978. The molecule has 1 aliphatic rings. The number of halogens is 3. The Morgan fingerprint density at radius 3 is 2.67 bits per heavy atom. The normalized spacial score (nSPS) is 15.1. The highest BCUT2D eigenvalue weighted by Crippen LogP contribution is 2.29. The van der Waals surface area contributed by atoms with Crippen LogP contribution in [0.25, 0.3) is 10.2 Å². The van der Waals surface area contributed by atoms with Crippen molar-refractivity contribution in [2.45, 2.75) is 0 Å². The Morgan fingerprint density at radius 1 is 1.22 bits per heavy atom. The molecule has 0 spiro atoms. The van der Waals surface area contributed by atoms with Crippen LogP contribution in [0.4, 0.5) is 5.82 Å². The van der Waals surface area contributed by atoms with Gasteiger partial charge in [0, 0.05) is 26.2 Å². The predicted molar refractivity (Wildman–Crippen MR) is 82.0 cm³/mol. The molecule has 8 heteroatoms. The molecule has 0 radical (unpaired) electrons. The van der Waals surface area contributed by atoms with Gasteiger partial charge in [0.2, 0.25) is 5.28 Å². The van der Waals surface area contributed by atoms with Gasteiger partial charge in [-0.15, -0.1) is 36.2 Å². The Hall–Kier alpha value is -0.330. The summed E-state index contributed by atoms with van der Waals surface area (Å²) in [5, 5.41) is 5.69. The van der Waals surface area contributed by atoms with E-state index in [-0.39, 0.29) is 24.8 Å². The van der Waals surface area contributed by atoms with Gasteiger partial charge in [-0.1, -0.05) is 0 Å². The first-order valence-electron chi connectivity index (χ1n) is 5.21. The number of hydrogen-bond donors (Lipinski definition) is 1. The lowest BCUT2D eigenvalue weighted by Gasteiger charge is -2.28. The molecular weight excluding hydrogens is 315 g/mol. The number of nitrogens with zero attached hydrogens (tertiary/aromatic N) is 3. The van der Waals surface area contributed by atoms with Crippen molar-refractivity contribution in [3.8, 4) is 0 Å². The largest absolute Gasteiger partial charge is 0.353 e. The van der Waals surface area contributed by atoms with Crippen LogP contribution in [0.15, 0.2) is 11.4 Å². The molecule has 0 bridgehead atoms. The highest BCUT2D eigenvalue weighted by atomic mass is 35.5. The summed E-state index contributed by atoms with van der Waals surface area (Å²) in [6.45, 7) is 3.93. The molecule has 2 aromatic heterocycles. The van der Waals surface area contributed by atoms with E-state index in [1.54, 1.807) is 11.3 Å². The van der Waals surface area contributed by atoms with E-state index in [1.165, 1.54) is 0 Å². The molecule has 0 aliphatic carbocycles. The van der Waals surface area contributed by atoms with E-state index in [0.717, 1.165) is 42.2 Å². The molecule has 1 aliphatic heterocycles. The standard InChI is InChI=1S/C10H11ClN4S.2ClH/c11-10-13-7-1-6-16-8(7)9(14-10)15-4-2-12-3-5-15;;/h1,6,12H,2-5H2;2*1H. The minimum absolute atomic E-state index is 0. The zero-order valence-corrected chi connectivity index (χ0v) is 12.6. The van der Waals surface area contributed by atoms with Gasteiger partial charge in [-0.2, -0.15) is 4.98 Å². The van der Waals surface area contributed by atoms with Crippen molar-refractivity contribution >= 4 is 63.8 Å². The van der Waals surface area contributed by atoms with Gasteiger partial charge in [0.15, 0.2) is 5.82 Å². The van der Waals surface area contributed by atoms with Crippen LogP contribution >= 0.6 is 47.8 Å². The van der Waals surface area contributed by atoms with Gasteiger partial charge in [-0.3, -0.25) is 0 Å². The number of aromatic nitrogens is 2. The summed E-state index contributed by atoms with van der Waals surface area (Å²) in [6, 6.07) is 1.99. The number of thiophene rings is 1. The summed E-state index contributed by atoms with van der Waals surface area (Å²) >= 11 is 7.61. The van der Waals surface area contributed by atoms with Gasteiger partial charge >= 0.3 is 0 Å². The first-order valence-corrected chi connectivity index (χ1v) is 6.47. The average Bonchev–Trinajstić information content (AvgIpc) is 2.77. The number of anilines is 1. The maximum atomic E-state index is 5.94. The topological polar surface area (TPSA) is 41.1 Å². The van der Waals surface area contributed by atoms with Gasteiger partial charge < -0.3 is 10.2 Å². The smallest absolute Gasteiger partial charge is 0.224 e. The third-order valence-electron chi connectivity index (χ3n) is 2.67. The number of nitrogens with one attached hydrogen (secondary N) is 1. The molecule has 3 heterocycles. The Kier molecular flexibility index (Phi) is 5.88. The Bertz CT molecular complexity index is 513. The third kappa shape index (κ3) is 2.97. The van der Waals surface area contributed by atoms with E-state index in [1.807, 2.05) is 11.4 Å². The van der Waals surface area contributed by atoms with Crippen molar-refractivity contribution in [2.24, 2.45) is 0 Å². The van der Waals surface area contributed by atoms with Gasteiger partial charge in [0.1, 0.15) is 0 Å². The molecule has 1 saturated heterocycles. The number of hydrogen-bond acceptors (Lipinski definition) is 5. The molecule has 0 saturated carbocycles. The average molecular weight is 328 g/mol. The minimum Gasteiger partial charge on any atom is -0.353 e. The fourth-order valence-electron chi connectivity index (χ4n) is 1.91.